The number of hydrogen-bond acceptors (Lipinski definition) is 5. The van der Waals surface area contributed by atoms with Crippen molar-refractivity contribution in [2.75, 3.05) is 0 Å². The molecule has 5 heteroatoms. The first-order chi connectivity index (χ1) is 5.57. The first-order valence-electron chi connectivity index (χ1n) is 3.41. The molecule has 0 aromatic rings. The standard InChI is InChI=1S/C7H10O5/c1-2-3-4(8)5(9)6(10)7(11)12-3/h1,3-11H/t3-,4-,5+,6+,7?/m1/s1. The van der Waals surface area contributed by atoms with Crippen molar-refractivity contribution in [3.05, 3.63) is 0 Å². The largest absolute Gasteiger partial charge is 0.387 e. The molecule has 1 unspecified atom stereocenters. The van der Waals surface area contributed by atoms with E-state index in [0.29, 0.717) is 0 Å². The lowest BCUT2D eigenvalue weighted by Crippen LogP contribution is -2.56. The van der Waals surface area contributed by atoms with Crippen LogP contribution in [-0.4, -0.2) is 51.1 Å². The highest BCUT2D eigenvalue weighted by molar-refractivity contribution is 5.04. The summed E-state index contributed by atoms with van der Waals surface area (Å²) in [4.78, 5) is 0. The summed E-state index contributed by atoms with van der Waals surface area (Å²) in [6.45, 7) is 0. The first-order valence-corrected chi connectivity index (χ1v) is 3.41. The summed E-state index contributed by atoms with van der Waals surface area (Å²) in [5.74, 6) is 2.03. The molecule has 68 valence electrons. The third kappa shape index (κ3) is 1.43. The van der Waals surface area contributed by atoms with Crippen molar-refractivity contribution in [2.24, 2.45) is 0 Å². The van der Waals surface area contributed by atoms with Gasteiger partial charge in [-0.25, -0.2) is 0 Å². The lowest BCUT2D eigenvalue weighted by molar-refractivity contribution is -0.269. The first kappa shape index (κ1) is 9.45. The maximum Gasteiger partial charge on any atom is 0.185 e. The van der Waals surface area contributed by atoms with E-state index in [1.165, 1.54) is 0 Å². The second-order valence-corrected chi connectivity index (χ2v) is 2.59. The monoisotopic (exact) mass is 174 g/mol. The van der Waals surface area contributed by atoms with Crippen molar-refractivity contribution in [3.63, 3.8) is 0 Å². The van der Waals surface area contributed by atoms with E-state index >= 15 is 0 Å². The Bertz CT molecular complexity index is 198. The number of aliphatic hydroxyl groups excluding tert-OH is 4. The zero-order valence-corrected chi connectivity index (χ0v) is 6.16. The van der Waals surface area contributed by atoms with Gasteiger partial charge in [0, 0.05) is 0 Å². The number of aliphatic hydroxyl groups is 4. The minimum Gasteiger partial charge on any atom is -0.387 e. The molecule has 4 N–H and O–H groups in total. The van der Waals surface area contributed by atoms with E-state index in [0.717, 1.165) is 0 Å². The van der Waals surface area contributed by atoms with E-state index in [9.17, 15) is 0 Å². The van der Waals surface area contributed by atoms with E-state index < -0.39 is 30.7 Å². The minimum absolute atomic E-state index is 1.08. The molecule has 1 aliphatic rings. The molecule has 0 aliphatic carbocycles. The van der Waals surface area contributed by atoms with Gasteiger partial charge in [-0.2, -0.15) is 0 Å². The SMILES string of the molecule is C#C[C@H]1OC(O)[C@@H](O)[C@@H](O)[C@@H]1O. The van der Waals surface area contributed by atoms with Gasteiger partial charge >= 0.3 is 0 Å². The Hall–Kier alpha value is -0.640. The predicted molar refractivity (Wildman–Crippen MR) is 37.7 cm³/mol. The molecule has 0 radical (unpaired) electrons. The third-order valence-electron chi connectivity index (χ3n) is 1.75. The van der Waals surface area contributed by atoms with Gasteiger partial charge < -0.3 is 25.2 Å². The van der Waals surface area contributed by atoms with Crippen molar-refractivity contribution in [1.82, 2.24) is 0 Å². The zero-order chi connectivity index (χ0) is 9.30. The van der Waals surface area contributed by atoms with Gasteiger partial charge in [0.25, 0.3) is 0 Å². The molecule has 0 amide bonds. The van der Waals surface area contributed by atoms with E-state index in [2.05, 4.69) is 4.74 Å². The maximum atomic E-state index is 9.14. The van der Waals surface area contributed by atoms with Crippen LogP contribution < -0.4 is 0 Å². The molecule has 1 saturated heterocycles. The number of rotatable bonds is 0. The number of hydrogen-bond donors (Lipinski definition) is 4. The Kier molecular flexibility index (Phi) is 2.67. The summed E-state index contributed by atoms with van der Waals surface area (Å²) >= 11 is 0. The van der Waals surface area contributed by atoms with E-state index in [4.69, 9.17) is 26.8 Å². The van der Waals surface area contributed by atoms with Crippen LogP contribution in [0.15, 0.2) is 0 Å². The highest BCUT2D eigenvalue weighted by Gasteiger charge is 2.42. The molecule has 12 heavy (non-hydrogen) atoms. The molecule has 0 aromatic heterocycles. The molecule has 0 aromatic carbocycles. The Morgan fingerprint density at radius 3 is 2.08 bits per heavy atom. The van der Waals surface area contributed by atoms with Gasteiger partial charge in [0.15, 0.2) is 6.29 Å². The van der Waals surface area contributed by atoms with Gasteiger partial charge in [0.1, 0.15) is 24.4 Å². The molecule has 5 atom stereocenters. The van der Waals surface area contributed by atoms with Crippen LogP contribution in [0.2, 0.25) is 0 Å². The lowest BCUT2D eigenvalue weighted by Gasteiger charge is -2.35. The molecular formula is C7H10O5. The Morgan fingerprint density at radius 2 is 1.58 bits per heavy atom. The van der Waals surface area contributed by atoms with E-state index in [1.807, 2.05) is 5.92 Å². The van der Waals surface area contributed by atoms with Crippen LogP contribution in [0.5, 0.6) is 0 Å². The highest BCUT2D eigenvalue weighted by atomic mass is 16.6. The average Bonchev–Trinajstić information content (AvgIpc) is 2.08. The molecule has 1 aliphatic heterocycles. The Balaban J connectivity index is 2.72. The fourth-order valence-electron chi connectivity index (χ4n) is 0.999. The van der Waals surface area contributed by atoms with Crippen LogP contribution in [0, 0.1) is 12.3 Å². The van der Waals surface area contributed by atoms with Crippen LogP contribution in [0.4, 0.5) is 0 Å². The fraction of sp³-hybridized carbons (Fsp3) is 0.714. The summed E-state index contributed by atoms with van der Waals surface area (Å²) in [6.07, 6.45) is -2.08. The lowest BCUT2D eigenvalue weighted by atomic mass is 10.00. The summed E-state index contributed by atoms with van der Waals surface area (Å²) in [5, 5.41) is 36.1. The molecule has 5 nitrogen and oxygen atoms in total. The van der Waals surface area contributed by atoms with E-state index in [-0.39, 0.29) is 0 Å². The second-order valence-electron chi connectivity index (χ2n) is 2.59. The van der Waals surface area contributed by atoms with Crippen molar-refractivity contribution < 1.29 is 25.2 Å². The van der Waals surface area contributed by atoms with Crippen molar-refractivity contribution in [2.45, 2.75) is 30.7 Å². The van der Waals surface area contributed by atoms with Gasteiger partial charge in [-0.3, -0.25) is 0 Å². The van der Waals surface area contributed by atoms with Gasteiger partial charge in [0.05, 0.1) is 0 Å². The average molecular weight is 174 g/mol. The molecule has 0 spiro atoms. The van der Waals surface area contributed by atoms with Crippen molar-refractivity contribution in [1.29, 1.82) is 0 Å². The Labute approximate surface area is 69.2 Å². The fourth-order valence-corrected chi connectivity index (χ4v) is 0.999. The summed E-state index contributed by atoms with van der Waals surface area (Å²) in [6, 6.07) is 0. The predicted octanol–water partition coefficient (Wildman–Crippen LogP) is -2.58. The molecular weight excluding hydrogens is 164 g/mol. The molecule has 1 fully saturated rings. The van der Waals surface area contributed by atoms with Crippen molar-refractivity contribution in [3.8, 4) is 12.3 Å². The smallest absolute Gasteiger partial charge is 0.185 e. The Morgan fingerprint density at radius 1 is 1.00 bits per heavy atom. The molecule has 1 heterocycles. The van der Waals surface area contributed by atoms with Crippen LogP contribution in [0.1, 0.15) is 0 Å². The molecule has 1 rings (SSSR count). The molecule has 0 saturated carbocycles. The maximum absolute atomic E-state index is 9.14. The van der Waals surface area contributed by atoms with Crippen LogP contribution in [0.25, 0.3) is 0 Å². The zero-order valence-electron chi connectivity index (χ0n) is 6.16. The number of terminal acetylenes is 1. The highest BCUT2D eigenvalue weighted by Crippen LogP contribution is 2.18. The minimum atomic E-state index is -1.55. The summed E-state index contributed by atoms with van der Waals surface area (Å²) in [5.41, 5.74) is 0. The van der Waals surface area contributed by atoms with Crippen molar-refractivity contribution >= 4 is 0 Å². The second kappa shape index (κ2) is 3.39. The topological polar surface area (TPSA) is 90.2 Å². The van der Waals surface area contributed by atoms with Gasteiger partial charge in [-0.1, -0.05) is 5.92 Å². The van der Waals surface area contributed by atoms with Crippen LogP contribution in [0.3, 0.4) is 0 Å². The van der Waals surface area contributed by atoms with E-state index in [1.54, 1.807) is 0 Å². The number of ether oxygens (including phenoxy) is 1. The quantitative estimate of drug-likeness (QED) is 0.303. The molecule has 0 bridgehead atoms. The van der Waals surface area contributed by atoms with Gasteiger partial charge in [-0.05, 0) is 0 Å². The van der Waals surface area contributed by atoms with Gasteiger partial charge in [0.2, 0.25) is 0 Å². The summed E-state index contributed by atoms with van der Waals surface area (Å²) in [7, 11) is 0. The summed E-state index contributed by atoms with van der Waals surface area (Å²) < 4.78 is 4.59. The van der Waals surface area contributed by atoms with Gasteiger partial charge in [-0.15, -0.1) is 6.42 Å². The normalized spacial score (nSPS) is 48.4. The van der Waals surface area contributed by atoms with Crippen LogP contribution >= 0.6 is 0 Å². The third-order valence-corrected chi connectivity index (χ3v) is 1.75. The van der Waals surface area contributed by atoms with Crippen LogP contribution in [-0.2, 0) is 4.74 Å².